The van der Waals surface area contributed by atoms with E-state index in [0.29, 0.717) is 13.1 Å². The van der Waals surface area contributed by atoms with Crippen LogP contribution in [0.15, 0.2) is 24.3 Å². The number of carboxylic acid groups (broad SMARTS) is 1. The van der Waals surface area contributed by atoms with Gasteiger partial charge in [0.15, 0.2) is 0 Å². The summed E-state index contributed by atoms with van der Waals surface area (Å²) in [5, 5.41) is 12.0. The molecule has 0 saturated carbocycles. The summed E-state index contributed by atoms with van der Waals surface area (Å²) in [5.41, 5.74) is 2.10. The van der Waals surface area contributed by atoms with Crippen molar-refractivity contribution in [2.24, 2.45) is 5.92 Å². The Kier molecular flexibility index (Phi) is 3.34. The maximum atomic E-state index is 12.5. The van der Waals surface area contributed by atoms with E-state index < -0.39 is 5.97 Å². The van der Waals surface area contributed by atoms with Crippen molar-refractivity contribution in [3.05, 3.63) is 29.8 Å². The first kappa shape index (κ1) is 13.0. The Morgan fingerprint density at radius 3 is 2.80 bits per heavy atom. The van der Waals surface area contributed by atoms with Gasteiger partial charge in [-0.15, -0.1) is 0 Å². The molecule has 0 bridgehead atoms. The molecule has 2 aliphatic rings. The van der Waals surface area contributed by atoms with Crippen LogP contribution in [0.4, 0.5) is 5.69 Å². The SMILES string of the molecule is O=C(O)CC1CN(C(=O)C2CCNc3ccccc32)C1. The molecule has 1 saturated heterocycles. The molecule has 5 heteroatoms. The molecule has 0 aliphatic carbocycles. The van der Waals surface area contributed by atoms with Gasteiger partial charge in [0.05, 0.1) is 12.3 Å². The van der Waals surface area contributed by atoms with Crippen LogP contribution in [0.3, 0.4) is 0 Å². The molecule has 2 heterocycles. The third-order valence-electron chi connectivity index (χ3n) is 4.11. The van der Waals surface area contributed by atoms with Crippen molar-refractivity contribution in [1.82, 2.24) is 4.90 Å². The van der Waals surface area contributed by atoms with E-state index in [1.807, 2.05) is 24.3 Å². The molecule has 1 unspecified atom stereocenters. The molecule has 0 aromatic heterocycles. The number of hydrogen-bond donors (Lipinski definition) is 2. The molecular weight excluding hydrogens is 256 g/mol. The number of aliphatic carboxylic acids is 1. The number of rotatable bonds is 3. The predicted molar refractivity (Wildman–Crippen MR) is 74.6 cm³/mol. The summed E-state index contributed by atoms with van der Waals surface area (Å²) < 4.78 is 0. The summed E-state index contributed by atoms with van der Waals surface area (Å²) in [6.07, 6.45) is 0.961. The van der Waals surface area contributed by atoms with E-state index in [2.05, 4.69) is 5.32 Å². The van der Waals surface area contributed by atoms with Crippen LogP contribution in [0.5, 0.6) is 0 Å². The van der Waals surface area contributed by atoms with Crippen LogP contribution in [-0.2, 0) is 9.59 Å². The third kappa shape index (κ3) is 2.35. The van der Waals surface area contributed by atoms with Gasteiger partial charge in [-0.25, -0.2) is 0 Å². The lowest BCUT2D eigenvalue weighted by atomic mass is 9.87. The number of fused-ring (bicyclic) bond motifs is 1. The number of hydrogen-bond acceptors (Lipinski definition) is 3. The quantitative estimate of drug-likeness (QED) is 0.876. The maximum Gasteiger partial charge on any atom is 0.303 e. The standard InChI is InChI=1S/C15H18N2O3/c18-14(19)7-10-8-17(9-10)15(20)12-5-6-16-13-4-2-1-3-11(12)13/h1-4,10,12,16H,5-9H2,(H,18,19). The predicted octanol–water partition coefficient (Wildman–Crippen LogP) is 1.52. The van der Waals surface area contributed by atoms with Gasteiger partial charge in [0.1, 0.15) is 0 Å². The summed E-state index contributed by atoms with van der Waals surface area (Å²) in [7, 11) is 0. The average Bonchev–Trinajstić information content (AvgIpc) is 2.41. The first-order valence-corrected chi connectivity index (χ1v) is 6.98. The topological polar surface area (TPSA) is 69.6 Å². The first-order valence-electron chi connectivity index (χ1n) is 6.98. The fourth-order valence-corrected chi connectivity index (χ4v) is 3.07. The number of para-hydroxylation sites is 1. The summed E-state index contributed by atoms with van der Waals surface area (Å²) in [4.78, 5) is 24.9. The Labute approximate surface area is 117 Å². The van der Waals surface area contributed by atoms with Crippen molar-refractivity contribution in [3.8, 4) is 0 Å². The van der Waals surface area contributed by atoms with Gasteiger partial charge < -0.3 is 15.3 Å². The lowest BCUT2D eigenvalue weighted by Crippen LogP contribution is -2.52. The van der Waals surface area contributed by atoms with Gasteiger partial charge in [-0.05, 0) is 18.1 Å². The van der Waals surface area contributed by atoms with Crippen molar-refractivity contribution in [2.45, 2.75) is 18.8 Å². The van der Waals surface area contributed by atoms with Crippen LogP contribution >= 0.6 is 0 Å². The van der Waals surface area contributed by atoms with E-state index in [4.69, 9.17) is 5.11 Å². The molecule has 0 spiro atoms. The average molecular weight is 274 g/mol. The van der Waals surface area contributed by atoms with Gasteiger partial charge in [0.25, 0.3) is 0 Å². The van der Waals surface area contributed by atoms with Crippen molar-refractivity contribution >= 4 is 17.6 Å². The van der Waals surface area contributed by atoms with E-state index in [1.165, 1.54) is 0 Å². The normalized spacial score (nSPS) is 21.6. The fraction of sp³-hybridized carbons (Fsp3) is 0.467. The third-order valence-corrected chi connectivity index (χ3v) is 4.11. The molecule has 2 aliphatic heterocycles. The molecule has 2 N–H and O–H groups in total. The van der Waals surface area contributed by atoms with Crippen LogP contribution in [0.25, 0.3) is 0 Å². The molecule has 20 heavy (non-hydrogen) atoms. The Morgan fingerprint density at radius 1 is 1.30 bits per heavy atom. The zero-order chi connectivity index (χ0) is 14.1. The maximum absolute atomic E-state index is 12.5. The number of amides is 1. The molecule has 0 radical (unpaired) electrons. The van der Waals surface area contributed by atoms with Crippen LogP contribution in [0.1, 0.15) is 24.3 Å². The smallest absolute Gasteiger partial charge is 0.303 e. The number of carbonyl (C=O) groups is 2. The monoisotopic (exact) mass is 274 g/mol. The first-order chi connectivity index (χ1) is 9.65. The molecule has 5 nitrogen and oxygen atoms in total. The van der Waals surface area contributed by atoms with Gasteiger partial charge in [-0.2, -0.15) is 0 Å². The van der Waals surface area contributed by atoms with Gasteiger partial charge in [-0.3, -0.25) is 9.59 Å². The minimum atomic E-state index is -0.783. The molecule has 1 atom stereocenters. The van der Waals surface area contributed by atoms with E-state index in [0.717, 1.165) is 24.2 Å². The van der Waals surface area contributed by atoms with Crippen molar-refractivity contribution in [3.63, 3.8) is 0 Å². The van der Waals surface area contributed by atoms with Crippen molar-refractivity contribution in [1.29, 1.82) is 0 Å². The summed E-state index contributed by atoms with van der Waals surface area (Å²) in [5.74, 6) is -0.610. The minimum Gasteiger partial charge on any atom is -0.481 e. The highest BCUT2D eigenvalue weighted by Crippen LogP contribution is 2.34. The van der Waals surface area contributed by atoms with Crippen LogP contribution in [-0.4, -0.2) is 41.5 Å². The summed E-state index contributed by atoms with van der Waals surface area (Å²) >= 11 is 0. The zero-order valence-electron chi connectivity index (χ0n) is 11.2. The lowest BCUT2D eigenvalue weighted by Gasteiger charge is -2.41. The number of likely N-dealkylation sites (tertiary alicyclic amines) is 1. The number of carbonyl (C=O) groups excluding carboxylic acids is 1. The van der Waals surface area contributed by atoms with Crippen LogP contribution in [0, 0.1) is 5.92 Å². The zero-order valence-corrected chi connectivity index (χ0v) is 11.2. The van der Waals surface area contributed by atoms with E-state index in [9.17, 15) is 9.59 Å². The van der Waals surface area contributed by atoms with E-state index in [1.54, 1.807) is 4.90 Å². The second-order valence-electron chi connectivity index (χ2n) is 5.56. The highest BCUT2D eigenvalue weighted by Gasteiger charge is 2.37. The Morgan fingerprint density at radius 2 is 2.05 bits per heavy atom. The highest BCUT2D eigenvalue weighted by atomic mass is 16.4. The molecule has 1 amide bonds. The fourth-order valence-electron chi connectivity index (χ4n) is 3.07. The molecule has 3 rings (SSSR count). The largest absolute Gasteiger partial charge is 0.481 e. The number of anilines is 1. The van der Waals surface area contributed by atoms with Gasteiger partial charge >= 0.3 is 5.97 Å². The number of nitrogens with zero attached hydrogens (tertiary/aromatic N) is 1. The lowest BCUT2D eigenvalue weighted by molar-refractivity contribution is -0.146. The van der Waals surface area contributed by atoms with Crippen LogP contribution in [0.2, 0.25) is 0 Å². The highest BCUT2D eigenvalue weighted by molar-refractivity contribution is 5.87. The Bertz CT molecular complexity index is 538. The molecule has 1 aromatic rings. The molecule has 1 fully saturated rings. The minimum absolute atomic E-state index is 0.0850. The van der Waals surface area contributed by atoms with Gasteiger partial charge in [-0.1, -0.05) is 18.2 Å². The van der Waals surface area contributed by atoms with Crippen molar-refractivity contribution in [2.75, 3.05) is 25.0 Å². The summed E-state index contributed by atoms with van der Waals surface area (Å²) in [6, 6.07) is 7.91. The van der Waals surface area contributed by atoms with Crippen LogP contribution < -0.4 is 5.32 Å². The Balaban J connectivity index is 1.66. The number of carboxylic acids is 1. The van der Waals surface area contributed by atoms with Gasteiger partial charge in [0.2, 0.25) is 5.91 Å². The van der Waals surface area contributed by atoms with E-state index in [-0.39, 0.29) is 24.2 Å². The molecule has 1 aromatic carbocycles. The Hall–Kier alpha value is -2.04. The van der Waals surface area contributed by atoms with E-state index >= 15 is 0 Å². The number of benzene rings is 1. The molecule has 106 valence electrons. The summed E-state index contributed by atoms with van der Waals surface area (Å²) in [6.45, 7) is 1.97. The number of nitrogens with one attached hydrogen (secondary N) is 1. The second kappa shape index (κ2) is 5.15. The van der Waals surface area contributed by atoms with Gasteiger partial charge in [0, 0.05) is 31.2 Å². The second-order valence-corrected chi connectivity index (χ2v) is 5.56. The molecular formula is C15H18N2O3. The van der Waals surface area contributed by atoms with Crippen molar-refractivity contribution < 1.29 is 14.7 Å².